The van der Waals surface area contributed by atoms with Gasteiger partial charge in [0, 0.05) is 24.8 Å². The molecule has 8 aromatic rings. The Morgan fingerprint density at radius 3 is 1.55 bits per heavy atom. The summed E-state index contributed by atoms with van der Waals surface area (Å²) in [4.78, 5) is 49.3. The van der Waals surface area contributed by atoms with Crippen LogP contribution in [0.3, 0.4) is 0 Å². The lowest BCUT2D eigenvalue weighted by Crippen LogP contribution is -2.38. The first-order valence-corrected chi connectivity index (χ1v) is 24.8. The van der Waals surface area contributed by atoms with Crippen LogP contribution in [0.1, 0.15) is 55.6 Å². The van der Waals surface area contributed by atoms with Gasteiger partial charge in [0.2, 0.25) is 11.8 Å². The molecule has 2 amide bonds. The fourth-order valence-electron chi connectivity index (χ4n) is 9.53. The second-order valence-electron chi connectivity index (χ2n) is 20.5. The summed E-state index contributed by atoms with van der Waals surface area (Å²) in [5.41, 5.74) is 3.48. The topological polar surface area (TPSA) is 167 Å². The maximum Gasteiger partial charge on any atom is 0.586 e. The predicted octanol–water partition coefficient (Wildman–Crippen LogP) is 11.6. The molecule has 2 saturated carbocycles. The normalized spacial score (nSPS) is 16.5. The number of rotatable bonds is 13. The van der Waals surface area contributed by atoms with Crippen molar-refractivity contribution in [1.29, 1.82) is 0 Å². The molecule has 12 rings (SSSR count). The number of fused-ring (bicyclic) bond motifs is 4. The Hall–Kier alpha value is -8.61. The molecule has 4 heterocycles. The van der Waals surface area contributed by atoms with E-state index < -0.39 is 29.4 Å². The van der Waals surface area contributed by atoms with Crippen LogP contribution in [0.25, 0.3) is 44.1 Å². The number of aliphatic hydroxyl groups is 1. The molecule has 2 aliphatic carbocycles. The summed E-state index contributed by atoms with van der Waals surface area (Å²) in [5.74, 6) is -0.539. The minimum atomic E-state index is -3.73. The highest BCUT2D eigenvalue weighted by Gasteiger charge is 2.54. The molecule has 14 nitrogen and oxygen atoms in total. The number of benzene rings is 6. The van der Waals surface area contributed by atoms with E-state index in [2.05, 4.69) is 29.6 Å². The van der Waals surface area contributed by atoms with Crippen molar-refractivity contribution in [2.75, 3.05) is 44.9 Å². The summed E-state index contributed by atoms with van der Waals surface area (Å²) in [6.07, 6.45) is -5.18. The number of esters is 1. The van der Waals surface area contributed by atoms with Crippen molar-refractivity contribution in [3.63, 3.8) is 0 Å². The van der Waals surface area contributed by atoms with Gasteiger partial charge in [0.05, 0.1) is 55.5 Å². The van der Waals surface area contributed by atoms with Gasteiger partial charge in [-0.2, -0.15) is 0 Å². The van der Waals surface area contributed by atoms with Crippen LogP contribution in [0.4, 0.5) is 29.2 Å². The van der Waals surface area contributed by atoms with Crippen molar-refractivity contribution < 1.29 is 68.1 Å². The molecule has 0 atom stereocenters. The van der Waals surface area contributed by atoms with E-state index in [4.69, 9.17) is 14.7 Å². The van der Waals surface area contributed by atoms with Crippen LogP contribution < -0.4 is 29.6 Å². The molecule has 3 N–H and O–H groups in total. The van der Waals surface area contributed by atoms with E-state index >= 15 is 0 Å². The Labute approximate surface area is 441 Å². The smallest absolute Gasteiger partial charge is 0.456 e. The number of ether oxygens (including phenoxy) is 5. The molecule has 18 heteroatoms. The maximum absolute atomic E-state index is 13.6. The largest absolute Gasteiger partial charge is 0.586 e. The molecule has 0 bridgehead atoms. The van der Waals surface area contributed by atoms with Gasteiger partial charge in [0.15, 0.2) is 23.0 Å². The number of nitrogens with one attached hydrogen (secondary N) is 2. The van der Waals surface area contributed by atoms with Crippen LogP contribution >= 0.6 is 0 Å². The summed E-state index contributed by atoms with van der Waals surface area (Å²) in [6, 6.07) is 42.4. The van der Waals surface area contributed by atoms with E-state index in [-0.39, 0.29) is 44.3 Å². The van der Waals surface area contributed by atoms with Crippen LogP contribution in [0, 0.1) is 0 Å². The summed E-state index contributed by atoms with van der Waals surface area (Å²) >= 11 is 0. The molecule has 2 aromatic heterocycles. The highest BCUT2D eigenvalue weighted by atomic mass is 19.3. The van der Waals surface area contributed by atoms with Crippen LogP contribution in [0.15, 0.2) is 146 Å². The molecule has 0 saturated heterocycles. The SMILES string of the molecule is C[N+](C)(C)CCOC(=O)c1cccc(-c2nc(NC(=O)C3(c4ccc5c(c4)OC(F)(F)O5)CC3)cc3ccccc23)c1.O=C(Nc1cc2ccccc2c(-c2ccc(CO)cc2)n1)C1(c2ccc3c(c2)OC(F)(F)O3)CC1.[HH].[HH]. The second-order valence-corrected chi connectivity index (χ2v) is 20.5. The van der Waals surface area contributed by atoms with Gasteiger partial charge in [-0.1, -0.05) is 97.1 Å². The molecular formula is C59H54F4N5O9+. The fourth-order valence-corrected chi connectivity index (χ4v) is 9.53. The number of halogens is 4. The number of hydrogen-bond acceptors (Lipinski definition) is 11. The summed E-state index contributed by atoms with van der Waals surface area (Å²) < 4.78 is 78.2. The molecule has 0 radical (unpaired) electrons. The Morgan fingerprint density at radius 1 is 0.584 bits per heavy atom. The first-order valence-electron chi connectivity index (χ1n) is 24.8. The number of alkyl halides is 4. The molecule has 77 heavy (non-hydrogen) atoms. The van der Waals surface area contributed by atoms with Gasteiger partial charge in [-0.25, -0.2) is 14.8 Å². The van der Waals surface area contributed by atoms with E-state index in [9.17, 15) is 37.1 Å². The monoisotopic (exact) mass is 1050 g/mol. The highest BCUT2D eigenvalue weighted by molar-refractivity contribution is 6.05. The van der Waals surface area contributed by atoms with Gasteiger partial charge < -0.3 is 43.9 Å². The van der Waals surface area contributed by atoms with Crippen molar-refractivity contribution in [3.8, 4) is 45.5 Å². The quantitative estimate of drug-likeness (QED) is 0.0571. The summed E-state index contributed by atoms with van der Waals surface area (Å²) in [5, 5.41) is 18.8. The number of nitrogens with zero attached hydrogens (tertiary/aromatic N) is 3. The molecule has 0 spiro atoms. The number of likely N-dealkylation sites (N-methyl/N-ethyl adjacent to an activating group) is 1. The average Bonchev–Trinajstić information content (AvgIpc) is 4.35. The van der Waals surface area contributed by atoms with E-state index in [0.717, 1.165) is 32.7 Å². The molecule has 2 fully saturated rings. The first kappa shape index (κ1) is 50.5. The van der Waals surface area contributed by atoms with Crippen molar-refractivity contribution in [2.24, 2.45) is 0 Å². The van der Waals surface area contributed by atoms with E-state index in [1.807, 2.05) is 106 Å². The predicted molar refractivity (Wildman–Crippen MR) is 282 cm³/mol. The van der Waals surface area contributed by atoms with Crippen molar-refractivity contribution in [2.45, 2.75) is 55.7 Å². The number of quaternary nitrogens is 1. The van der Waals surface area contributed by atoms with E-state index in [0.29, 0.717) is 88.6 Å². The maximum atomic E-state index is 13.6. The third-order valence-electron chi connectivity index (χ3n) is 14.0. The molecule has 6 aromatic carbocycles. The minimum absolute atomic E-state index is 0. The molecule has 0 unspecified atom stereocenters. The lowest BCUT2D eigenvalue weighted by molar-refractivity contribution is -0.870. The highest BCUT2D eigenvalue weighted by Crippen LogP contribution is 2.54. The number of aromatic nitrogens is 2. The van der Waals surface area contributed by atoms with Gasteiger partial charge in [-0.3, -0.25) is 9.59 Å². The number of anilines is 2. The Morgan fingerprint density at radius 2 is 1.06 bits per heavy atom. The third kappa shape index (κ3) is 10.4. The molecule has 4 aliphatic rings. The van der Waals surface area contributed by atoms with Crippen LogP contribution in [-0.2, 0) is 31.8 Å². The lowest BCUT2D eigenvalue weighted by Gasteiger charge is -2.23. The van der Waals surface area contributed by atoms with Crippen LogP contribution in [0.5, 0.6) is 23.0 Å². The third-order valence-corrected chi connectivity index (χ3v) is 14.0. The number of aliphatic hydroxyl groups excluding tert-OH is 1. The van der Waals surface area contributed by atoms with E-state index in [1.54, 1.807) is 36.4 Å². The Bertz CT molecular complexity index is 3670. The zero-order chi connectivity index (χ0) is 53.9. The fraction of sp³-hybridized carbons (Fsp3) is 0.237. The lowest BCUT2D eigenvalue weighted by atomic mass is 9.94. The van der Waals surface area contributed by atoms with Gasteiger partial charge in [-0.15, -0.1) is 17.6 Å². The van der Waals surface area contributed by atoms with Gasteiger partial charge in [0.25, 0.3) is 0 Å². The number of amides is 2. The first-order chi connectivity index (χ1) is 36.8. The standard InChI is InChI=1S/C32H29F2N3O5.C27H20F2N2O4.2H2/c1-37(2,3)15-16-40-29(38)22-9-6-8-21(17-22)28-24-10-5-4-7-20(24)18-27(35-28)36-30(39)31(13-14-31)23-11-12-25-26(19-23)42-32(33,34)41-25;28-27(29)34-21-10-9-19(14-22(21)35-27)26(11-12-26)25(33)31-23-13-18-3-1-2-4-20(18)24(30-23)17-7-5-16(15-32)6-8-17;;/h4-12,17-19H,13-16H2,1-3H3;1-10,13-14,32H,11-12,15H2,(H,30,31,33);2*1H/p+1. The number of hydrogen-bond donors (Lipinski definition) is 3. The average molecular weight is 1050 g/mol. The Kier molecular flexibility index (Phi) is 12.6. The Balaban J connectivity index is 0.000000190. The van der Waals surface area contributed by atoms with Crippen molar-refractivity contribution in [1.82, 2.24) is 9.97 Å². The zero-order valence-corrected chi connectivity index (χ0v) is 41.9. The minimum Gasteiger partial charge on any atom is -0.456 e. The van der Waals surface area contributed by atoms with E-state index in [1.165, 1.54) is 24.3 Å². The molecular weight excluding hydrogens is 999 g/mol. The molecule has 2 aliphatic heterocycles. The number of carbonyl (C=O) groups excluding carboxylic acids is 3. The second kappa shape index (κ2) is 19.2. The summed E-state index contributed by atoms with van der Waals surface area (Å²) in [7, 11) is 6.08. The van der Waals surface area contributed by atoms with Gasteiger partial charge in [-0.05, 0) is 102 Å². The van der Waals surface area contributed by atoms with Gasteiger partial charge in [0.1, 0.15) is 24.8 Å². The number of pyridine rings is 2. The summed E-state index contributed by atoms with van der Waals surface area (Å²) in [6.45, 7) is 0.923. The number of carbonyl (C=O) groups is 3. The van der Waals surface area contributed by atoms with Gasteiger partial charge >= 0.3 is 18.6 Å². The van der Waals surface area contributed by atoms with Crippen LogP contribution in [-0.4, -0.2) is 84.2 Å². The zero-order valence-electron chi connectivity index (χ0n) is 41.9. The van der Waals surface area contributed by atoms with Crippen molar-refractivity contribution >= 4 is 51.0 Å². The molecule has 396 valence electrons. The van der Waals surface area contributed by atoms with Crippen LogP contribution in [0.2, 0.25) is 0 Å². The van der Waals surface area contributed by atoms with Crippen molar-refractivity contribution in [3.05, 3.63) is 168 Å².